The molecule has 128 valence electrons. The molecule has 3 aromatic rings. The number of nitrogens with one attached hydrogen (secondary N) is 1. The zero-order chi connectivity index (χ0) is 17.7. The fraction of sp³-hybridized carbons (Fsp3) is 0.100. The van der Waals surface area contributed by atoms with Crippen molar-refractivity contribution in [2.45, 2.75) is 11.8 Å². The fourth-order valence-electron chi connectivity index (χ4n) is 2.50. The monoisotopic (exact) mass is 352 g/mol. The minimum Gasteiger partial charge on any atom is -0.327 e. The maximum atomic E-state index is 12.6. The fourth-order valence-corrected chi connectivity index (χ4v) is 3.46. The van der Waals surface area contributed by atoms with Crippen molar-refractivity contribution in [1.82, 2.24) is 4.72 Å². The molecule has 1 N–H and O–H groups in total. The van der Waals surface area contributed by atoms with E-state index in [2.05, 4.69) is 4.72 Å². The van der Waals surface area contributed by atoms with Gasteiger partial charge < -0.3 is 4.90 Å². The maximum Gasteiger partial charge on any atom is 0.242 e. The second-order valence-corrected chi connectivity index (χ2v) is 7.49. The minimum absolute atomic E-state index is 0.143. The van der Waals surface area contributed by atoms with Crippen molar-refractivity contribution in [2.75, 3.05) is 11.6 Å². The lowest BCUT2D eigenvalue weighted by Crippen LogP contribution is -2.35. The van der Waals surface area contributed by atoms with Gasteiger partial charge in [-0.25, -0.2) is 8.42 Å². The number of anilines is 2. The molecule has 0 saturated carbocycles. The van der Waals surface area contributed by atoms with Crippen molar-refractivity contribution >= 4 is 21.4 Å². The molecule has 0 aromatic heterocycles. The number of sulfonamides is 1. The number of hydrogen-bond acceptors (Lipinski definition) is 3. The molecule has 3 aromatic carbocycles. The molecule has 4 nitrogen and oxygen atoms in total. The third-order valence-electron chi connectivity index (χ3n) is 3.88. The molecule has 5 heteroatoms. The first-order valence-electron chi connectivity index (χ1n) is 8.00. The number of aryl methyl sites for hydroxylation is 1. The molecule has 0 amide bonds. The van der Waals surface area contributed by atoms with Gasteiger partial charge in [0.15, 0.2) is 0 Å². The topological polar surface area (TPSA) is 49.4 Å². The number of benzene rings is 3. The van der Waals surface area contributed by atoms with Gasteiger partial charge in [-0.15, -0.1) is 0 Å². The van der Waals surface area contributed by atoms with Crippen molar-refractivity contribution in [1.29, 1.82) is 0 Å². The van der Waals surface area contributed by atoms with E-state index in [9.17, 15) is 8.42 Å². The van der Waals surface area contributed by atoms with Crippen LogP contribution in [0.4, 0.5) is 11.4 Å². The van der Waals surface area contributed by atoms with Gasteiger partial charge in [-0.1, -0.05) is 54.1 Å². The van der Waals surface area contributed by atoms with Gasteiger partial charge in [0.05, 0.1) is 11.6 Å². The lowest BCUT2D eigenvalue weighted by Gasteiger charge is -2.25. The Kier molecular flexibility index (Phi) is 5.16. The van der Waals surface area contributed by atoms with Gasteiger partial charge in [0.2, 0.25) is 10.0 Å². The summed E-state index contributed by atoms with van der Waals surface area (Å²) in [7, 11) is -3.58. The highest BCUT2D eigenvalue weighted by atomic mass is 32.2. The van der Waals surface area contributed by atoms with Crippen molar-refractivity contribution < 1.29 is 8.42 Å². The maximum absolute atomic E-state index is 12.6. The highest BCUT2D eigenvalue weighted by Crippen LogP contribution is 2.24. The predicted octanol–water partition coefficient (Wildman–Crippen LogP) is 4.07. The Morgan fingerprint density at radius 1 is 0.760 bits per heavy atom. The van der Waals surface area contributed by atoms with E-state index < -0.39 is 10.0 Å². The summed E-state index contributed by atoms with van der Waals surface area (Å²) in [6.45, 7) is 2.07. The summed E-state index contributed by atoms with van der Waals surface area (Å²) in [5.41, 5.74) is 2.86. The van der Waals surface area contributed by atoms with Crippen LogP contribution in [0.3, 0.4) is 0 Å². The van der Waals surface area contributed by atoms with Crippen LogP contribution < -0.4 is 9.62 Å². The Bertz CT molecular complexity index is 869. The highest BCUT2D eigenvalue weighted by molar-refractivity contribution is 7.89. The van der Waals surface area contributed by atoms with Crippen molar-refractivity contribution in [3.8, 4) is 0 Å². The van der Waals surface area contributed by atoms with Gasteiger partial charge >= 0.3 is 0 Å². The average Bonchev–Trinajstić information content (AvgIpc) is 2.64. The van der Waals surface area contributed by atoms with E-state index in [0.717, 1.165) is 16.9 Å². The second-order valence-electron chi connectivity index (χ2n) is 5.72. The first-order chi connectivity index (χ1) is 12.1. The first-order valence-corrected chi connectivity index (χ1v) is 9.48. The highest BCUT2D eigenvalue weighted by Gasteiger charge is 2.16. The summed E-state index contributed by atoms with van der Waals surface area (Å²) in [5.74, 6) is 0. The van der Waals surface area contributed by atoms with Crippen LogP contribution >= 0.6 is 0 Å². The van der Waals surface area contributed by atoms with Crippen LogP contribution in [-0.2, 0) is 10.0 Å². The van der Waals surface area contributed by atoms with Gasteiger partial charge in [-0.05, 0) is 43.3 Å². The van der Waals surface area contributed by atoms with Crippen LogP contribution in [0.15, 0.2) is 89.8 Å². The molecule has 0 aliphatic heterocycles. The number of para-hydroxylation sites is 2. The molecule has 0 spiro atoms. The summed E-state index contributed by atoms with van der Waals surface area (Å²) in [5, 5.41) is 0. The molecular weight excluding hydrogens is 332 g/mol. The largest absolute Gasteiger partial charge is 0.327 e. The van der Waals surface area contributed by atoms with Crippen molar-refractivity contribution in [2.24, 2.45) is 0 Å². The minimum atomic E-state index is -3.58. The molecule has 0 heterocycles. The van der Waals surface area contributed by atoms with Crippen LogP contribution in [-0.4, -0.2) is 15.1 Å². The molecule has 0 bridgehead atoms. The van der Waals surface area contributed by atoms with Crippen LogP contribution in [0.5, 0.6) is 0 Å². The molecule has 0 unspecified atom stereocenters. The SMILES string of the molecule is Cc1ccc(S(=O)(=O)NCN(c2ccccc2)c2ccccc2)cc1. The van der Waals surface area contributed by atoms with Crippen molar-refractivity contribution in [3.05, 3.63) is 90.5 Å². The van der Waals surface area contributed by atoms with E-state index >= 15 is 0 Å². The van der Waals surface area contributed by atoms with E-state index in [4.69, 9.17) is 0 Å². The van der Waals surface area contributed by atoms with Gasteiger partial charge in [-0.3, -0.25) is 0 Å². The Hall–Kier alpha value is -2.63. The summed E-state index contributed by atoms with van der Waals surface area (Å²) in [6, 6.07) is 26.2. The third kappa shape index (κ3) is 4.26. The number of nitrogens with zero attached hydrogens (tertiary/aromatic N) is 1. The quantitative estimate of drug-likeness (QED) is 0.680. The average molecular weight is 352 g/mol. The molecule has 25 heavy (non-hydrogen) atoms. The predicted molar refractivity (Wildman–Crippen MR) is 101 cm³/mol. The molecule has 0 saturated heterocycles. The van der Waals surface area contributed by atoms with Gasteiger partial charge in [0, 0.05) is 11.4 Å². The smallest absolute Gasteiger partial charge is 0.242 e. The summed E-state index contributed by atoms with van der Waals surface area (Å²) >= 11 is 0. The molecule has 0 atom stereocenters. The second kappa shape index (κ2) is 7.51. The lowest BCUT2D eigenvalue weighted by molar-refractivity contribution is 0.582. The third-order valence-corrected chi connectivity index (χ3v) is 5.28. The normalized spacial score (nSPS) is 11.2. The molecule has 0 fully saturated rings. The van der Waals surface area contributed by atoms with E-state index in [-0.39, 0.29) is 11.6 Å². The zero-order valence-corrected chi connectivity index (χ0v) is 14.8. The van der Waals surface area contributed by atoms with E-state index in [1.165, 1.54) is 0 Å². The van der Waals surface area contributed by atoms with Gasteiger partial charge in [0.25, 0.3) is 0 Å². The number of rotatable bonds is 6. The van der Waals surface area contributed by atoms with Gasteiger partial charge in [-0.2, -0.15) is 4.72 Å². The standard InChI is InChI=1S/C20H20N2O2S/c1-17-12-14-20(15-13-17)25(23,24)21-16-22(18-8-4-2-5-9-18)19-10-6-3-7-11-19/h2-15,21H,16H2,1H3. The molecule has 0 aliphatic rings. The molecular formula is C20H20N2O2S. The Labute approximate surface area is 148 Å². The van der Waals surface area contributed by atoms with E-state index in [1.807, 2.05) is 72.5 Å². The molecule has 0 radical (unpaired) electrons. The van der Waals surface area contributed by atoms with E-state index in [1.54, 1.807) is 24.3 Å². The molecule has 3 rings (SSSR count). The Morgan fingerprint density at radius 3 is 1.72 bits per heavy atom. The van der Waals surface area contributed by atoms with Crippen LogP contribution in [0.1, 0.15) is 5.56 Å². The zero-order valence-electron chi connectivity index (χ0n) is 14.0. The van der Waals surface area contributed by atoms with Gasteiger partial charge in [0.1, 0.15) is 0 Å². The Balaban J connectivity index is 1.85. The lowest BCUT2D eigenvalue weighted by atomic mass is 10.2. The Morgan fingerprint density at radius 2 is 1.24 bits per heavy atom. The summed E-state index contributed by atoms with van der Waals surface area (Å²) in [6.07, 6.45) is 0. The van der Waals surface area contributed by atoms with Crippen molar-refractivity contribution in [3.63, 3.8) is 0 Å². The van der Waals surface area contributed by atoms with Crippen LogP contribution in [0.25, 0.3) is 0 Å². The van der Waals surface area contributed by atoms with Crippen LogP contribution in [0, 0.1) is 6.92 Å². The van der Waals surface area contributed by atoms with Crippen LogP contribution in [0.2, 0.25) is 0 Å². The van der Waals surface area contributed by atoms with E-state index in [0.29, 0.717) is 0 Å². The first kappa shape index (κ1) is 17.2. The summed E-state index contributed by atoms with van der Waals surface area (Å²) < 4.78 is 27.8. The molecule has 0 aliphatic carbocycles. The summed E-state index contributed by atoms with van der Waals surface area (Å²) in [4.78, 5) is 2.19. The number of hydrogen-bond donors (Lipinski definition) is 1.